The summed E-state index contributed by atoms with van der Waals surface area (Å²) < 4.78 is 0. The van der Waals surface area contributed by atoms with Crippen LogP contribution in [0.2, 0.25) is 0 Å². The predicted molar refractivity (Wildman–Crippen MR) is 103 cm³/mol. The molecule has 1 spiro atoms. The van der Waals surface area contributed by atoms with Gasteiger partial charge in [-0.05, 0) is 17.5 Å². The van der Waals surface area contributed by atoms with Crippen LogP contribution in [0.25, 0.3) is 0 Å². The molecule has 27 heavy (non-hydrogen) atoms. The summed E-state index contributed by atoms with van der Waals surface area (Å²) in [5.41, 5.74) is 1.22. The lowest BCUT2D eigenvalue weighted by Gasteiger charge is -2.21. The molecule has 1 aromatic heterocycles. The highest BCUT2D eigenvalue weighted by molar-refractivity contribution is 6.39. The van der Waals surface area contributed by atoms with E-state index in [4.69, 9.17) is 4.84 Å². The van der Waals surface area contributed by atoms with Crippen LogP contribution < -0.4 is 10.2 Å². The Morgan fingerprint density at radius 2 is 2.04 bits per heavy atom. The van der Waals surface area contributed by atoms with Crippen molar-refractivity contribution in [3.63, 3.8) is 0 Å². The van der Waals surface area contributed by atoms with Gasteiger partial charge in [0.1, 0.15) is 5.71 Å². The van der Waals surface area contributed by atoms with E-state index < -0.39 is 5.60 Å². The second kappa shape index (κ2) is 7.34. The van der Waals surface area contributed by atoms with E-state index in [0.717, 1.165) is 13.0 Å². The summed E-state index contributed by atoms with van der Waals surface area (Å²) in [6.07, 6.45) is 4.77. The molecule has 0 bridgehead atoms. The smallest absolute Gasteiger partial charge is 0.269 e. The van der Waals surface area contributed by atoms with Crippen LogP contribution in [0.4, 0.5) is 5.95 Å². The first-order chi connectivity index (χ1) is 13.2. The van der Waals surface area contributed by atoms with E-state index in [0.29, 0.717) is 31.2 Å². The van der Waals surface area contributed by atoms with E-state index >= 15 is 0 Å². The van der Waals surface area contributed by atoms with Crippen molar-refractivity contribution in [2.45, 2.75) is 31.3 Å². The topological polar surface area (TPSA) is 79.7 Å². The molecule has 1 N–H and O–H groups in total. The van der Waals surface area contributed by atoms with E-state index in [1.165, 1.54) is 5.56 Å². The number of nitrogens with one attached hydrogen (secondary N) is 1. The maximum atomic E-state index is 12.5. The van der Waals surface area contributed by atoms with E-state index in [1.807, 2.05) is 18.2 Å². The van der Waals surface area contributed by atoms with Crippen LogP contribution in [0.15, 0.2) is 53.9 Å². The van der Waals surface area contributed by atoms with Gasteiger partial charge in [-0.25, -0.2) is 9.97 Å². The van der Waals surface area contributed by atoms with Crippen molar-refractivity contribution in [2.24, 2.45) is 5.16 Å². The highest BCUT2D eigenvalue weighted by Gasteiger charge is 2.47. The first-order valence-electron chi connectivity index (χ1n) is 9.25. The Morgan fingerprint density at radius 1 is 1.26 bits per heavy atom. The number of hydrogen-bond acceptors (Lipinski definition) is 6. The van der Waals surface area contributed by atoms with Gasteiger partial charge in [0.05, 0.1) is 6.54 Å². The quantitative estimate of drug-likeness (QED) is 0.878. The summed E-state index contributed by atoms with van der Waals surface area (Å²) >= 11 is 0. The molecule has 140 valence electrons. The Kier molecular flexibility index (Phi) is 4.75. The number of rotatable bonds is 5. The molecule has 4 rings (SSSR count). The Morgan fingerprint density at radius 3 is 2.81 bits per heavy atom. The monoisotopic (exact) mass is 365 g/mol. The molecule has 7 heteroatoms. The molecular weight excluding hydrogens is 342 g/mol. The van der Waals surface area contributed by atoms with Crippen molar-refractivity contribution in [1.29, 1.82) is 0 Å². The predicted octanol–water partition coefficient (Wildman–Crippen LogP) is 2.12. The summed E-state index contributed by atoms with van der Waals surface area (Å²) in [5.74, 6) is 0.779. The number of nitrogens with zero attached hydrogens (tertiary/aromatic N) is 4. The minimum absolute atomic E-state index is 0.149. The minimum atomic E-state index is -0.447. The number of carbonyl (C=O) groups excluding carboxylic acids is 1. The number of hydrogen-bond donors (Lipinski definition) is 1. The van der Waals surface area contributed by atoms with Crippen LogP contribution in [-0.4, -0.2) is 46.8 Å². The number of anilines is 1. The molecule has 2 aliphatic heterocycles. The first-order valence-corrected chi connectivity index (χ1v) is 9.25. The van der Waals surface area contributed by atoms with Crippen molar-refractivity contribution in [3.8, 4) is 0 Å². The zero-order valence-corrected chi connectivity index (χ0v) is 15.3. The molecule has 2 aliphatic rings. The number of amides is 1. The van der Waals surface area contributed by atoms with E-state index in [1.54, 1.807) is 18.5 Å². The Labute approximate surface area is 158 Å². The fourth-order valence-electron chi connectivity index (χ4n) is 3.58. The number of oxime groups is 1. The van der Waals surface area contributed by atoms with Crippen LogP contribution in [-0.2, 0) is 9.63 Å². The summed E-state index contributed by atoms with van der Waals surface area (Å²) in [5, 5.41) is 7.07. The standard InChI is InChI=1S/C20H23N5O2/c1-15(16-6-3-2-4-7-16)13-23-18(26)17-12-20(27-24-17)8-11-25(14-20)19-21-9-5-10-22-19/h2-7,9-10,15H,8,11-14H2,1H3,(H,23,26)/t15-,20+/m0/s1. The Hall–Kier alpha value is -2.96. The molecule has 0 unspecified atom stereocenters. The van der Waals surface area contributed by atoms with Crippen molar-refractivity contribution in [3.05, 3.63) is 54.4 Å². The van der Waals surface area contributed by atoms with E-state index in [-0.39, 0.29) is 11.8 Å². The van der Waals surface area contributed by atoms with Gasteiger partial charge in [0.2, 0.25) is 5.95 Å². The number of benzene rings is 1. The average Bonchev–Trinajstić information content (AvgIpc) is 3.34. The Bertz CT molecular complexity index is 827. The number of carbonyl (C=O) groups is 1. The molecule has 1 aromatic carbocycles. The molecule has 0 aliphatic carbocycles. The van der Waals surface area contributed by atoms with Gasteiger partial charge in [-0.15, -0.1) is 0 Å². The third-order valence-corrected chi connectivity index (χ3v) is 5.19. The fourth-order valence-corrected chi connectivity index (χ4v) is 3.58. The van der Waals surface area contributed by atoms with Crippen molar-refractivity contribution in [1.82, 2.24) is 15.3 Å². The second-order valence-corrected chi connectivity index (χ2v) is 7.23. The molecule has 1 saturated heterocycles. The van der Waals surface area contributed by atoms with Crippen LogP contribution in [0, 0.1) is 0 Å². The molecule has 0 radical (unpaired) electrons. The third kappa shape index (κ3) is 3.77. The van der Waals surface area contributed by atoms with E-state index in [9.17, 15) is 4.79 Å². The van der Waals surface area contributed by atoms with Gasteiger partial charge in [0, 0.05) is 38.3 Å². The lowest BCUT2D eigenvalue weighted by molar-refractivity contribution is -0.115. The average molecular weight is 365 g/mol. The highest BCUT2D eigenvalue weighted by atomic mass is 16.7. The molecule has 7 nitrogen and oxygen atoms in total. The van der Waals surface area contributed by atoms with Gasteiger partial charge in [0.25, 0.3) is 5.91 Å². The van der Waals surface area contributed by atoms with E-state index in [2.05, 4.69) is 44.4 Å². The third-order valence-electron chi connectivity index (χ3n) is 5.19. The summed E-state index contributed by atoms with van der Waals surface area (Å²) in [7, 11) is 0. The summed E-state index contributed by atoms with van der Waals surface area (Å²) in [6, 6.07) is 11.9. The Balaban J connectivity index is 1.31. The van der Waals surface area contributed by atoms with Crippen LogP contribution >= 0.6 is 0 Å². The minimum Gasteiger partial charge on any atom is -0.386 e. The van der Waals surface area contributed by atoms with Crippen LogP contribution in [0.1, 0.15) is 31.2 Å². The van der Waals surface area contributed by atoms with Crippen LogP contribution in [0.3, 0.4) is 0 Å². The van der Waals surface area contributed by atoms with Crippen molar-refractivity contribution >= 4 is 17.6 Å². The molecule has 3 heterocycles. The van der Waals surface area contributed by atoms with Crippen molar-refractivity contribution < 1.29 is 9.63 Å². The maximum absolute atomic E-state index is 12.5. The summed E-state index contributed by atoms with van der Waals surface area (Å²) in [6.45, 7) is 4.09. The van der Waals surface area contributed by atoms with Crippen LogP contribution in [0.5, 0.6) is 0 Å². The number of aromatic nitrogens is 2. The highest BCUT2D eigenvalue weighted by Crippen LogP contribution is 2.35. The normalized spacial score (nSPS) is 22.4. The second-order valence-electron chi connectivity index (χ2n) is 7.23. The van der Waals surface area contributed by atoms with Gasteiger partial charge in [0.15, 0.2) is 5.60 Å². The molecule has 1 fully saturated rings. The zero-order chi connectivity index (χ0) is 18.7. The lowest BCUT2D eigenvalue weighted by atomic mass is 9.96. The molecule has 0 saturated carbocycles. The van der Waals surface area contributed by atoms with Gasteiger partial charge in [-0.3, -0.25) is 4.79 Å². The fraction of sp³-hybridized carbons (Fsp3) is 0.400. The lowest BCUT2D eigenvalue weighted by Crippen LogP contribution is -2.38. The first kappa shape index (κ1) is 17.5. The molecule has 1 amide bonds. The zero-order valence-electron chi connectivity index (χ0n) is 15.3. The van der Waals surface area contributed by atoms with Gasteiger partial charge >= 0.3 is 0 Å². The molecular formula is C20H23N5O2. The van der Waals surface area contributed by atoms with Gasteiger partial charge in [-0.1, -0.05) is 42.4 Å². The van der Waals surface area contributed by atoms with Gasteiger partial charge in [-0.2, -0.15) is 0 Å². The molecule has 2 atom stereocenters. The SMILES string of the molecule is C[C@@H](CNC(=O)C1=NO[C@]2(CCN(c3ncccn3)C2)C1)c1ccccc1. The molecule has 2 aromatic rings. The largest absolute Gasteiger partial charge is 0.386 e. The maximum Gasteiger partial charge on any atom is 0.269 e. The summed E-state index contributed by atoms with van der Waals surface area (Å²) in [4.78, 5) is 28.9. The van der Waals surface area contributed by atoms with Gasteiger partial charge < -0.3 is 15.1 Å². The van der Waals surface area contributed by atoms with Crippen molar-refractivity contribution in [2.75, 3.05) is 24.5 Å².